The van der Waals surface area contributed by atoms with Crippen molar-refractivity contribution in [3.63, 3.8) is 0 Å². The molecule has 1 aliphatic carbocycles. The van der Waals surface area contributed by atoms with E-state index in [-0.39, 0.29) is 11.7 Å². The molecule has 1 saturated carbocycles. The SMILES string of the molecule is CC[C@H]([C@H](O)C1CC1)S(=O)(=O)CC. The number of rotatable bonds is 5. The van der Waals surface area contributed by atoms with E-state index in [0.717, 1.165) is 12.8 Å². The van der Waals surface area contributed by atoms with E-state index < -0.39 is 21.2 Å². The van der Waals surface area contributed by atoms with Gasteiger partial charge < -0.3 is 5.11 Å². The highest BCUT2D eigenvalue weighted by molar-refractivity contribution is 7.92. The fraction of sp³-hybridized carbons (Fsp3) is 1.00. The second-order valence-corrected chi connectivity index (χ2v) is 6.23. The van der Waals surface area contributed by atoms with Gasteiger partial charge in [-0.2, -0.15) is 0 Å². The zero-order valence-electron chi connectivity index (χ0n) is 8.23. The average molecular weight is 206 g/mol. The van der Waals surface area contributed by atoms with Crippen LogP contribution in [-0.2, 0) is 9.84 Å². The maximum Gasteiger partial charge on any atom is 0.155 e. The average Bonchev–Trinajstić information content (AvgIpc) is 2.87. The van der Waals surface area contributed by atoms with Crippen LogP contribution in [0.2, 0.25) is 0 Å². The number of hydrogen-bond acceptors (Lipinski definition) is 3. The number of sulfone groups is 1. The summed E-state index contributed by atoms with van der Waals surface area (Å²) >= 11 is 0. The predicted molar refractivity (Wildman–Crippen MR) is 52.3 cm³/mol. The molecule has 78 valence electrons. The largest absolute Gasteiger partial charge is 0.391 e. The van der Waals surface area contributed by atoms with Crippen LogP contribution < -0.4 is 0 Å². The maximum absolute atomic E-state index is 11.5. The molecule has 13 heavy (non-hydrogen) atoms. The molecule has 3 nitrogen and oxygen atoms in total. The summed E-state index contributed by atoms with van der Waals surface area (Å²) in [6.07, 6.45) is 1.86. The standard InChI is InChI=1S/C9H18O3S/c1-3-8(13(11,12)4-2)9(10)7-5-6-7/h7-10H,3-6H2,1-2H3/t8-,9-/m1/s1. The third-order valence-corrected chi connectivity index (χ3v) is 5.09. The highest BCUT2D eigenvalue weighted by Gasteiger charge is 2.39. The van der Waals surface area contributed by atoms with Crippen molar-refractivity contribution in [3.8, 4) is 0 Å². The molecule has 0 spiro atoms. The molecule has 1 fully saturated rings. The third-order valence-electron chi connectivity index (χ3n) is 2.75. The first-order valence-corrected chi connectivity index (χ1v) is 6.64. The van der Waals surface area contributed by atoms with E-state index in [1.165, 1.54) is 0 Å². The summed E-state index contributed by atoms with van der Waals surface area (Å²) in [5, 5.41) is 9.20. The van der Waals surface area contributed by atoms with Gasteiger partial charge in [-0.05, 0) is 25.2 Å². The van der Waals surface area contributed by atoms with E-state index in [0.29, 0.717) is 6.42 Å². The van der Waals surface area contributed by atoms with Gasteiger partial charge in [-0.3, -0.25) is 0 Å². The van der Waals surface area contributed by atoms with Gasteiger partial charge in [0.1, 0.15) is 0 Å². The van der Waals surface area contributed by atoms with E-state index in [1.807, 2.05) is 6.92 Å². The Bertz CT molecular complexity index is 254. The molecular weight excluding hydrogens is 188 g/mol. The fourth-order valence-corrected chi connectivity index (χ4v) is 3.25. The predicted octanol–water partition coefficient (Wildman–Crippen LogP) is 0.971. The molecule has 2 atom stereocenters. The molecule has 0 aromatic heterocycles. The maximum atomic E-state index is 11.5. The zero-order valence-corrected chi connectivity index (χ0v) is 9.05. The zero-order chi connectivity index (χ0) is 10.1. The Morgan fingerprint density at radius 2 is 1.92 bits per heavy atom. The van der Waals surface area contributed by atoms with Crippen molar-refractivity contribution in [1.82, 2.24) is 0 Å². The van der Waals surface area contributed by atoms with Gasteiger partial charge in [0, 0.05) is 5.75 Å². The number of aliphatic hydroxyl groups excluding tert-OH is 1. The molecule has 0 aromatic carbocycles. The van der Waals surface area contributed by atoms with E-state index in [9.17, 15) is 13.5 Å². The molecule has 0 heterocycles. The summed E-state index contributed by atoms with van der Waals surface area (Å²) in [5.74, 6) is 0.376. The lowest BCUT2D eigenvalue weighted by atomic mass is 10.1. The van der Waals surface area contributed by atoms with Crippen LogP contribution in [0.25, 0.3) is 0 Å². The van der Waals surface area contributed by atoms with Gasteiger partial charge in [-0.1, -0.05) is 13.8 Å². The summed E-state index contributed by atoms with van der Waals surface area (Å²) in [7, 11) is -3.06. The molecule has 4 heteroatoms. The van der Waals surface area contributed by atoms with Crippen LogP contribution in [0.15, 0.2) is 0 Å². The van der Waals surface area contributed by atoms with Gasteiger partial charge in [0.05, 0.1) is 11.4 Å². The van der Waals surface area contributed by atoms with Gasteiger partial charge >= 0.3 is 0 Å². The van der Waals surface area contributed by atoms with Crippen molar-refractivity contribution in [2.75, 3.05) is 5.75 Å². The molecule has 1 rings (SSSR count). The summed E-state index contributed by atoms with van der Waals surface area (Å²) in [6.45, 7) is 3.46. The lowest BCUT2D eigenvalue weighted by Gasteiger charge is -2.20. The minimum Gasteiger partial charge on any atom is -0.391 e. The third kappa shape index (κ3) is 2.44. The molecule has 0 bridgehead atoms. The van der Waals surface area contributed by atoms with Gasteiger partial charge in [0.15, 0.2) is 9.84 Å². The van der Waals surface area contributed by atoms with Crippen LogP contribution in [0, 0.1) is 5.92 Å². The normalized spacial score (nSPS) is 22.7. The first-order valence-electron chi connectivity index (χ1n) is 4.92. The quantitative estimate of drug-likeness (QED) is 0.729. The molecule has 0 amide bonds. The van der Waals surface area contributed by atoms with Gasteiger partial charge in [0.25, 0.3) is 0 Å². The van der Waals surface area contributed by atoms with Gasteiger partial charge in [-0.25, -0.2) is 8.42 Å². The Morgan fingerprint density at radius 1 is 1.38 bits per heavy atom. The first kappa shape index (κ1) is 11.0. The second-order valence-electron chi connectivity index (χ2n) is 3.73. The highest BCUT2D eigenvalue weighted by atomic mass is 32.2. The van der Waals surface area contributed by atoms with E-state index >= 15 is 0 Å². The number of hydrogen-bond donors (Lipinski definition) is 1. The molecule has 0 unspecified atom stereocenters. The van der Waals surface area contributed by atoms with Crippen molar-refractivity contribution in [2.24, 2.45) is 5.92 Å². The van der Waals surface area contributed by atoms with E-state index in [4.69, 9.17) is 0 Å². The molecule has 0 aromatic rings. The Hall–Kier alpha value is -0.0900. The molecule has 0 radical (unpaired) electrons. The smallest absolute Gasteiger partial charge is 0.155 e. The number of aliphatic hydroxyl groups is 1. The Kier molecular flexibility index (Phi) is 3.35. The van der Waals surface area contributed by atoms with Crippen molar-refractivity contribution in [3.05, 3.63) is 0 Å². The molecule has 0 aliphatic heterocycles. The van der Waals surface area contributed by atoms with Crippen LogP contribution >= 0.6 is 0 Å². The Labute approximate surface area is 80.1 Å². The minimum atomic E-state index is -3.06. The first-order chi connectivity index (χ1) is 6.03. The van der Waals surface area contributed by atoms with Gasteiger partial charge in [-0.15, -0.1) is 0 Å². The summed E-state index contributed by atoms with van der Waals surface area (Å²) < 4.78 is 23.1. The lowest BCUT2D eigenvalue weighted by Crippen LogP contribution is -2.36. The molecule has 0 saturated heterocycles. The summed E-state index contributed by atoms with van der Waals surface area (Å²) in [6, 6.07) is 0. The molecule has 1 aliphatic rings. The fourth-order valence-electron chi connectivity index (χ4n) is 1.66. The topological polar surface area (TPSA) is 54.4 Å². The van der Waals surface area contributed by atoms with Gasteiger partial charge in [0.2, 0.25) is 0 Å². The van der Waals surface area contributed by atoms with Crippen LogP contribution in [-0.4, -0.2) is 30.6 Å². The lowest BCUT2D eigenvalue weighted by molar-refractivity contribution is 0.143. The van der Waals surface area contributed by atoms with E-state index in [1.54, 1.807) is 6.92 Å². The second kappa shape index (κ2) is 3.96. The van der Waals surface area contributed by atoms with Crippen LogP contribution in [0.1, 0.15) is 33.1 Å². The Morgan fingerprint density at radius 3 is 2.23 bits per heavy atom. The summed E-state index contributed by atoms with van der Waals surface area (Å²) in [4.78, 5) is 0. The van der Waals surface area contributed by atoms with Crippen LogP contribution in [0.4, 0.5) is 0 Å². The monoisotopic (exact) mass is 206 g/mol. The molecule has 1 N–H and O–H groups in total. The van der Waals surface area contributed by atoms with Crippen molar-refractivity contribution in [2.45, 2.75) is 44.5 Å². The van der Waals surface area contributed by atoms with Crippen molar-refractivity contribution in [1.29, 1.82) is 0 Å². The van der Waals surface area contributed by atoms with Crippen LogP contribution in [0.5, 0.6) is 0 Å². The molecular formula is C9H18O3S. The minimum absolute atomic E-state index is 0.134. The van der Waals surface area contributed by atoms with Crippen molar-refractivity contribution < 1.29 is 13.5 Å². The van der Waals surface area contributed by atoms with Crippen molar-refractivity contribution >= 4 is 9.84 Å². The Balaban J connectivity index is 2.71. The highest BCUT2D eigenvalue weighted by Crippen LogP contribution is 2.36. The summed E-state index contributed by atoms with van der Waals surface area (Å²) in [5.41, 5.74) is 0. The van der Waals surface area contributed by atoms with Crippen LogP contribution in [0.3, 0.4) is 0 Å². The van der Waals surface area contributed by atoms with E-state index in [2.05, 4.69) is 0 Å².